The van der Waals surface area contributed by atoms with Gasteiger partial charge in [0.1, 0.15) is 0 Å². The summed E-state index contributed by atoms with van der Waals surface area (Å²) in [5, 5.41) is 14.6. The summed E-state index contributed by atoms with van der Waals surface area (Å²) in [6.45, 7) is 2.37. The molecular weight excluding hydrogens is 234 g/mol. The number of para-hydroxylation sites is 1. The van der Waals surface area contributed by atoms with Crippen molar-refractivity contribution >= 4 is 17.5 Å². The van der Waals surface area contributed by atoms with Gasteiger partial charge in [0.25, 0.3) is 5.91 Å². The van der Waals surface area contributed by atoms with Crippen LogP contribution < -0.4 is 16.4 Å². The lowest BCUT2D eigenvalue weighted by molar-refractivity contribution is -0.120. The molecular formula is C12H17N3O3. The van der Waals surface area contributed by atoms with Gasteiger partial charge >= 0.3 is 0 Å². The van der Waals surface area contributed by atoms with E-state index in [2.05, 4.69) is 10.6 Å². The predicted molar refractivity (Wildman–Crippen MR) is 68.2 cm³/mol. The van der Waals surface area contributed by atoms with Crippen LogP contribution in [0.3, 0.4) is 0 Å². The van der Waals surface area contributed by atoms with Gasteiger partial charge in [-0.05, 0) is 18.6 Å². The van der Waals surface area contributed by atoms with Gasteiger partial charge in [0.15, 0.2) is 5.75 Å². The fraction of sp³-hybridized carbons (Fsp3) is 0.333. The molecule has 0 aliphatic heterocycles. The molecule has 0 atom stereocenters. The van der Waals surface area contributed by atoms with Crippen LogP contribution in [0.4, 0.5) is 5.69 Å². The van der Waals surface area contributed by atoms with Gasteiger partial charge < -0.3 is 21.5 Å². The monoisotopic (exact) mass is 251 g/mol. The second kappa shape index (κ2) is 6.48. The van der Waals surface area contributed by atoms with Crippen LogP contribution in [0.15, 0.2) is 18.2 Å². The van der Waals surface area contributed by atoms with Gasteiger partial charge in [-0.15, -0.1) is 0 Å². The van der Waals surface area contributed by atoms with Gasteiger partial charge in [0, 0.05) is 6.54 Å². The molecule has 0 bridgehead atoms. The number of hydrogen-bond acceptors (Lipinski definition) is 4. The molecule has 0 heterocycles. The Morgan fingerprint density at radius 2 is 2.06 bits per heavy atom. The highest BCUT2D eigenvalue weighted by atomic mass is 16.3. The highest BCUT2D eigenvalue weighted by Crippen LogP contribution is 2.23. The number of benzene rings is 1. The predicted octanol–water partition coefficient (Wildman–Crippen LogP) is 0.230. The van der Waals surface area contributed by atoms with Crippen LogP contribution in [0.25, 0.3) is 0 Å². The van der Waals surface area contributed by atoms with E-state index in [0.717, 1.165) is 6.42 Å². The molecule has 0 saturated heterocycles. The summed E-state index contributed by atoms with van der Waals surface area (Å²) < 4.78 is 0. The number of aromatic hydroxyl groups is 1. The Labute approximate surface area is 105 Å². The van der Waals surface area contributed by atoms with Crippen LogP contribution in [0.5, 0.6) is 5.75 Å². The summed E-state index contributed by atoms with van der Waals surface area (Å²) in [6, 6.07) is 4.48. The molecule has 0 aromatic heterocycles. The molecule has 0 spiro atoms. The number of amides is 2. The van der Waals surface area contributed by atoms with E-state index in [1.165, 1.54) is 12.1 Å². The Bertz CT molecular complexity index is 446. The van der Waals surface area contributed by atoms with E-state index in [0.29, 0.717) is 6.54 Å². The Balaban J connectivity index is 2.55. The zero-order valence-electron chi connectivity index (χ0n) is 10.2. The van der Waals surface area contributed by atoms with Crippen LogP contribution in [0.1, 0.15) is 23.7 Å². The van der Waals surface area contributed by atoms with Crippen LogP contribution in [0.2, 0.25) is 0 Å². The van der Waals surface area contributed by atoms with E-state index in [-0.39, 0.29) is 29.5 Å². The number of nitrogen functional groups attached to an aromatic ring is 1. The number of nitrogens with two attached hydrogens (primary N) is 1. The summed E-state index contributed by atoms with van der Waals surface area (Å²) >= 11 is 0. The highest BCUT2D eigenvalue weighted by Gasteiger charge is 2.13. The van der Waals surface area contributed by atoms with E-state index in [4.69, 9.17) is 5.73 Å². The maximum absolute atomic E-state index is 11.7. The Morgan fingerprint density at radius 3 is 2.72 bits per heavy atom. The van der Waals surface area contributed by atoms with Gasteiger partial charge in [-0.3, -0.25) is 9.59 Å². The number of carbonyl (C=O) groups excluding carboxylic acids is 2. The number of rotatable bonds is 5. The molecule has 1 aromatic rings. The van der Waals surface area contributed by atoms with E-state index in [1.807, 2.05) is 6.92 Å². The number of anilines is 1. The SMILES string of the molecule is CCCNC(=O)CNC(=O)c1cccc(N)c1O. The molecule has 0 aliphatic carbocycles. The van der Waals surface area contributed by atoms with Crippen LogP contribution in [0, 0.1) is 0 Å². The lowest BCUT2D eigenvalue weighted by Crippen LogP contribution is -2.37. The Morgan fingerprint density at radius 1 is 1.33 bits per heavy atom. The second-order valence-corrected chi connectivity index (χ2v) is 3.78. The zero-order valence-corrected chi connectivity index (χ0v) is 10.2. The molecule has 5 N–H and O–H groups in total. The van der Waals surface area contributed by atoms with Crippen molar-refractivity contribution < 1.29 is 14.7 Å². The molecule has 2 amide bonds. The lowest BCUT2D eigenvalue weighted by atomic mass is 10.1. The van der Waals surface area contributed by atoms with Crippen molar-refractivity contribution in [2.45, 2.75) is 13.3 Å². The lowest BCUT2D eigenvalue weighted by Gasteiger charge is -2.08. The van der Waals surface area contributed by atoms with Crippen molar-refractivity contribution in [3.63, 3.8) is 0 Å². The normalized spacial score (nSPS) is 9.83. The fourth-order valence-corrected chi connectivity index (χ4v) is 1.33. The molecule has 0 unspecified atom stereocenters. The average molecular weight is 251 g/mol. The minimum atomic E-state index is -0.536. The third-order valence-electron chi connectivity index (χ3n) is 2.29. The molecule has 6 nitrogen and oxygen atoms in total. The van der Waals surface area contributed by atoms with Crippen molar-refractivity contribution in [3.8, 4) is 5.75 Å². The van der Waals surface area contributed by atoms with Gasteiger partial charge in [-0.1, -0.05) is 13.0 Å². The zero-order chi connectivity index (χ0) is 13.5. The minimum Gasteiger partial charge on any atom is -0.505 e. The number of carbonyl (C=O) groups is 2. The molecule has 98 valence electrons. The first-order valence-corrected chi connectivity index (χ1v) is 5.68. The summed E-state index contributed by atoms with van der Waals surface area (Å²) in [6.07, 6.45) is 0.829. The molecule has 18 heavy (non-hydrogen) atoms. The summed E-state index contributed by atoms with van der Waals surface area (Å²) in [5.41, 5.74) is 5.65. The van der Waals surface area contributed by atoms with Crippen LogP contribution >= 0.6 is 0 Å². The Kier molecular flexibility index (Phi) is 4.98. The average Bonchev–Trinajstić information content (AvgIpc) is 2.36. The molecule has 0 saturated carbocycles. The minimum absolute atomic E-state index is 0.0540. The van der Waals surface area contributed by atoms with Gasteiger partial charge in [-0.2, -0.15) is 0 Å². The van der Waals surface area contributed by atoms with E-state index in [9.17, 15) is 14.7 Å². The molecule has 1 aromatic carbocycles. The second-order valence-electron chi connectivity index (χ2n) is 3.78. The first kappa shape index (κ1) is 13.8. The van der Waals surface area contributed by atoms with Gasteiger partial charge in [0.2, 0.25) is 5.91 Å². The van der Waals surface area contributed by atoms with Crippen LogP contribution in [-0.2, 0) is 4.79 Å². The maximum atomic E-state index is 11.7. The first-order chi connectivity index (χ1) is 8.56. The number of nitrogens with one attached hydrogen (secondary N) is 2. The summed E-state index contributed by atoms with van der Waals surface area (Å²) in [7, 11) is 0. The van der Waals surface area contributed by atoms with Gasteiger partial charge in [-0.25, -0.2) is 0 Å². The molecule has 1 rings (SSSR count). The third-order valence-corrected chi connectivity index (χ3v) is 2.29. The van der Waals surface area contributed by atoms with E-state index < -0.39 is 5.91 Å². The summed E-state index contributed by atoms with van der Waals surface area (Å²) in [4.78, 5) is 23.0. The Hall–Kier alpha value is -2.24. The smallest absolute Gasteiger partial charge is 0.255 e. The van der Waals surface area contributed by atoms with Crippen LogP contribution in [-0.4, -0.2) is 30.0 Å². The maximum Gasteiger partial charge on any atom is 0.255 e. The quantitative estimate of drug-likeness (QED) is 0.444. The van der Waals surface area contributed by atoms with Crippen molar-refractivity contribution in [2.24, 2.45) is 0 Å². The number of phenols is 1. The van der Waals surface area contributed by atoms with Crippen molar-refractivity contribution in [1.29, 1.82) is 0 Å². The standard InChI is InChI=1S/C12H17N3O3/c1-2-6-14-10(16)7-15-12(18)8-4-3-5-9(13)11(8)17/h3-5,17H,2,6-7,13H2,1H3,(H,14,16)(H,15,18). The number of phenolic OH excluding ortho intramolecular Hbond substituents is 1. The van der Waals surface area contributed by atoms with E-state index >= 15 is 0 Å². The van der Waals surface area contributed by atoms with Crippen molar-refractivity contribution in [3.05, 3.63) is 23.8 Å². The first-order valence-electron chi connectivity index (χ1n) is 5.68. The van der Waals surface area contributed by atoms with Crippen molar-refractivity contribution in [1.82, 2.24) is 10.6 Å². The molecule has 0 fully saturated rings. The molecule has 0 radical (unpaired) electrons. The largest absolute Gasteiger partial charge is 0.505 e. The van der Waals surface area contributed by atoms with E-state index in [1.54, 1.807) is 6.07 Å². The number of hydrogen-bond donors (Lipinski definition) is 4. The summed E-state index contributed by atoms with van der Waals surface area (Å²) in [5.74, 6) is -1.08. The fourth-order valence-electron chi connectivity index (χ4n) is 1.33. The molecule has 0 aliphatic rings. The van der Waals surface area contributed by atoms with Gasteiger partial charge in [0.05, 0.1) is 17.8 Å². The van der Waals surface area contributed by atoms with Crippen molar-refractivity contribution in [2.75, 3.05) is 18.8 Å². The molecule has 6 heteroatoms. The third kappa shape index (κ3) is 3.65. The highest BCUT2D eigenvalue weighted by molar-refractivity contribution is 6.00. The topological polar surface area (TPSA) is 104 Å².